The topological polar surface area (TPSA) is 58.6 Å². The Morgan fingerprint density at radius 1 is 1.13 bits per heavy atom. The van der Waals surface area contributed by atoms with Crippen molar-refractivity contribution in [2.24, 2.45) is 0 Å². The van der Waals surface area contributed by atoms with Gasteiger partial charge in [-0.25, -0.2) is 4.39 Å². The molecule has 30 heavy (non-hydrogen) atoms. The quantitative estimate of drug-likeness (QED) is 0.661. The number of carbonyl (C=O) groups excluding carboxylic acids is 2. The minimum absolute atomic E-state index is 0.0178. The van der Waals surface area contributed by atoms with Crippen LogP contribution in [-0.2, 0) is 16.1 Å². The second kappa shape index (κ2) is 10.4. The third kappa shape index (κ3) is 6.73. The number of halogens is 2. The summed E-state index contributed by atoms with van der Waals surface area (Å²) in [6, 6.07) is 12.3. The zero-order valence-corrected chi connectivity index (χ0v) is 18.5. The third-order valence-corrected chi connectivity index (χ3v) is 4.74. The summed E-state index contributed by atoms with van der Waals surface area (Å²) in [5.41, 5.74) is 0.258. The fourth-order valence-corrected chi connectivity index (χ4v) is 3.16. The maximum absolute atomic E-state index is 13.8. The van der Waals surface area contributed by atoms with Crippen molar-refractivity contribution in [3.05, 3.63) is 64.9 Å². The van der Waals surface area contributed by atoms with Crippen LogP contribution in [0.2, 0.25) is 5.02 Å². The van der Waals surface area contributed by atoms with E-state index in [2.05, 4.69) is 5.32 Å². The summed E-state index contributed by atoms with van der Waals surface area (Å²) < 4.78 is 19.2. The summed E-state index contributed by atoms with van der Waals surface area (Å²) in [5.74, 6) is -1.28. The van der Waals surface area contributed by atoms with Gasteiger partial charge in [-0.05, 0) is 51.0 Å². The van der Waals surface area contributed by atoms with Gasteiger partial charge in [0, 0.05) is 17.1 Å². The molecule has 0 aliphatic carbocycles. The fourth-order valence-electron chi connectivity index (χ4n) is 2.97. The van der Waals surface area contributed by atoms with E-state index in [1.54, 1.807) is 24.3 Å². The largest absolute Gasteiger partial charge is 0.481 e. The van der Waals surface area contributed by atoms with Crippen molar-refractivity contribution < 1.29 is 18.7 Å². The predicted molar refractivity (Wildman–Crippen MR) is 116 cm³/mol. The fraction of sp³-hybridized carbons (Fsp3) is 0.391. The Balaban J connectivity index is 2.27. The molecule has 0 bridgehead atoms. The average molecular weight is 435 g/mol. The standard InChI is InChI=1S/C23H28ClFN2O3/c1-5-19(22(29)26-23(2,3)4)27(14-16-10-6-7-11-17(16)24)21(28)15-30-20-13-9-8-12-18(20)25/h6-13,19H,5,14-15H2,1-4H3,(H,26,29)/t19-/m0/s1. The van der Waals surface area contributed by atoms with Gasteiger partial charge >= 0.3 is 0 Å². The molecular weight excluding hydrogens is 407 g/mol. The van der Waals surface area contributed by atoms with E-state index in [-0.39, 0.29) is 18.2 Å². The Morgan fingerprint density at radius 3 is 2.37 bits per heavy atom. The average Bonchev–Trinajstić information content (AvgIpc) is 2.67. The number of ether oxygens (including phenoxy) is 1. The van der Waals surface area contributed by atoms with Crippen LogP contribution in [0.1, 0.15) is 39.7 Å². The van der Waals surface area contributed by atoms with E-state index in [9.17, 15) is 14.0 Å². The molecule has 0 fully saturated rings. The predicted octanol–water partition coefficient (Wildman–Crippen LogP) is 4.58. The van der Waals surface area contributed by atoms with E-state index in [0.29, 0.717) is 17.0 Å². The lowest BCUT2D eigenvalue weighted by molar-refractivity contribution is -0.143. The minimum Gasteiger partial charge on any atom is -0.481 e. The molecule has 0 aliphatic heterocycles. The Bertz CT molecular complexity index is 883. The summed E-state index contributed by atoms with van der Waals surface area (Å²) in [6.45, 7) is 7.19. The molecule has 2 aromatic rings. The Morgan fingerprint density at radius 2 is 1.77 bits per heavy atom. The summed E-state index contributed by atoms with van der Waals surface area (Å²) in [6.07, 6.45) is 0.401. The molecule has 2 aromatic carbocycles. The smallest absolute Gasteiger partial charge is 0.261 e. The van der Waals surface area contributed by atoms with Crippen LogP contribution in [0, 0.1) is 5.82 Å². The van der Waals surface area contributed by atoms with Gasteiger partial charge in [-0.15, -0.1) is 0 Å². The molecule has 1 N–H and O–H groups in total. The van der Waals surface area contributed by atoms with Crippen LogP contribution in [0.15, 0.2) is 48.5 Å². The Labute approximate surface area is 182 Å². The second-order valence-corrected chi connectivity index (χ2v) is 8.40. The highest BCUT2D eigenvalue weighted by Gasteiger charge is 2.31. The molecule has 2 amide bonds. The molecule has 0 saturated carbocycles. The van der Waals surface area contributed by atoms with Gasteiger partial charge in [0.05, 0.1) is 0 Å². The SMILES string of the molecule is CC[C@@H](C(=O)NC(C)(C)C)N(Cc1ccccc1Cl)C(=O)COc1ccccc1F. The van der Waals surface area contributed by atoms with Gasteiger partial charge in [0.15, 0.2) is 18.2 Å². The maximum atomic E-state index is 13.8. The van der Waals surface area contributed by atoms with E-state index in [1.165, 1.54) is 23.1 Å². The number of carbonyl (C=O) groups is 2. The number of benzene rings is 2. The van der Waals surface area contributed by atoms with Crippen molar-refractivity contribution in [1.82, 2.24) is 10.2 Å². The van der Waals surface area contributed by atoms with Crippen molar-refractivity contribution in [3.8, 4) is 5.75 Å². The first-order valence-corrected chi connectivity index (χ1v) is 10.2. The molecule has 0 spiro atoms. The first-order valence-electron chi connectivity index (χ1n) is 9.84. The van der Waals surface area contributed by atoms with Crippen LogP contribution in [-0.4, -0.2) is 34.9 Å². The Hall–Kier alpha value is -2.60. The molecule has 1 atom stereocenters. The van der Waals surface area contributed by atoms with Crippen molar-refractivity contribution in [2.75, 3.05) is 6.61 Å². The minimum atomic E-state index is -0.725. The van der Waals surface area contributed by atoms with Crippen molar-refractivity contribution in [1.29, 1.82) is 0 Å². The van der Waals surface area contributed by atoms with Crippen LogP contribution in [0.3, 0.4) is 0 Å². The molecule has 2 rings (SSSR count). The van der Waals surface area contributed by atoms with Crippen molar-refractivity contribution in [3.63, 3.8) is 0 Å². The number of nitrogens with one attached hydrogen (secondary N) is 1. The molecule has 0 aliphatic rings. The third-order valence-electron chi connectivity index (χ3n) is 4.37. The zero-order valence-electron chi connectivity index (χ0n) is 17.7. The van der Waals surface area contributed by atoms with Gasteiger partial charge in [-0.2, -0.15) is 0 Å². The highest BCUT2D eigenvalue weighted by Crippen LogP contribution is 2.21. The van der Waals surface area contributed by atoms with Crippen LogP contribution < -0.4 is 10.1 Å². The Kier molecular flexibility index (Phi) is 8.24. The van der Waals surface area contributed by atoms with Gasteiger partial charge in [0.1, 0.15) is 6.04 Å². The molecule has 7 heteroatoms. The summed E-state index contributed by atoms with van der Waals surface area (Å²) in [7, 11) is 0. The highest BCUT2D eigenvalue weighted by atomic mass is 35.5. The highest BCUT2D eigenvalue weighted by molar-refractivity contribution is 6.31. The van der Waals surface area contributed by atoms with Crippen LogP contribution in [0.5, 0.6) is 5.75 Å². The lowest BCUT2D eigenvalue weighted by atomic mass is 10.1. The van der Waals surface area contributed by atoms with Gasteiger partial charge in [0.2, 0.25) is 5.91 Å². The van der Waals surface area contributed by atoms with E-state index in [0.717, 1.165) is 0 Å². The molecule has 162 valence electrons. The lowest BCUT2D eigenvalue weighted by Crippen LogP contribution is -2.54. The van der Waals surface area contributed by atoms with Crippen LogP contribution >= 0.6 is 11.6 Å². The number of hydrogen-bond acceptors (Lipinski definition) is 3. The van der Waals surface area contributed by atoms with Crippen LogP contribution in [0.4, 0.5) is 4.39 Å². The number of para-hydroxylation sites is 1. The van der Waals surface area contributed by atoms with Crippen molar-refractivity contribution >= 4 is 23.4 Å². The first-order chi connectivity index (χ1) is 14.1. The maximum Gasteiger partial charge on any atom is 0.261 e. The lowest BCUT2D eigenvalue weighted by Gasteiger charge is -2.33. The van der Waals surface area contributed by atoms with Gasteiger partial charge in [0.25, 0.3) is 5.91 Å². The van der Waals surface area contributed by atoms with Gasteiger partial charge in [-0.1, -0.05) is 48.9 Å². The second-order valence-electron chi connectivity index (χ2n) is 8.00. The number of rotatable bonds is 8. The zero-order chi connectivity index (χ0) is 22.3. The first kappa shape index (κ1) is 23.7. The van der Waals surface area contributed by atoms with Crippen LogP contribution in [0.25, 0.3) is 0 Å². The monoisotopic (exact) mass is 434 g/mol. The summed E-state index contributed by atoms with van der Waals surface area (Å²) >= 11 is 6.28. The molecule has 0 radical (unpaired) electrons. The molecule has 0 aromatic heterocycles. The van der Waals surface area contributed by atoms with E-state index < -0.39 is 29.9 Å². The number of hydrogen-bond donors (Lipinski definition) is 1. The molecule has 0 unspecified atom stereocenters. The number of nitrogens with zero attached hydrogens (tertiary/aromatic N) is 1. The normalized spacial score (nSPS) is 12.2. The van der Waals surface area contributed by atoms with E-state index in [1.807, 2.05) is 33.8 Å². The summed E-state index contributed by atoms with van der Waals surface area (Å²) in [5, 5.41) is 3.42. The molecular formula is C23H28ClFN2O3. The van der Waals surface area contributed by atoms with Gasteiger partial charge in [-0.3, -0.25) is 9.59 Å². The summed E-state index contributed by atoms with van der Waals surface area (Å²) in [4.78, 5) is 27.4. The molecule has 0 saturated heterocycles. The molecule has 0 heterocycles. The van der Waals surface area contributed by atoms with E-state index in [4.69, 9.17) is 16.3 Å². The molecule has 5 nitrogen and oxygen atoms in total. The van der Waals surface area contributed by atoms with Gasteiger partial charge < -0.3 is 15.0 Å². The van der Waals surface area contributed by atoms with Crippen molar-refractivity contribution in [2.45, 2.75) is 52.2 Å². The van der Waals surface area contributed by atoms with E-state index >= 15 is 0 Å². The number of amides is 2.